The lowest BCUT2D eigenvalue weighted by atomic mass is 9.79. The van der Waals surface area contributed by atoms with Crippen molar-refractivity contribution in [2.75, 3.05) is 0 Å². The largest absolute Gasteiger partial charge is 0.481 e. The van der Waals surface area contributed by atoms with Crippen LogP contribution in [0, 0.1) is 17.7 Å². The Hall–Kier alpha value is -4.78. The zero-order valence-corrected chi connectivity index (χ0v) is 24.0. The molecule has 0 saturated heterocycles. The third-order valence-corrected chi connectivity index (χ3v) is 8.74. The Balaban J connectivity index is 1.29. The average Bonchev–Trinajstić information content (AvgIpc) is 3.44. The van der Waals surface area contributed by atoms with Gasteiger partial charge in [0.15, 0.2) is 0 Å². The van der Waals surface area contributed by atoms with Gasteiger partial charge in [0.05, 0.1) is 29.7 Å². The maximum Gasteiger partial charge on any atom is 0.306 e. The van der Waals surface area contributed by atoms with Crippen molar-refractivity contribution >= 4 is 22.8 Å². The van der Waals surface area contributed by atoms with Gasteiger partial charge in [0.1, 0.15) is 5.82 Å². The van der Waals surface area contributed by atoms with Gasteiger partial charge in [-0.15, -0.1) is 0 Å². The van der Waals surface area contributed by atoms with Gasteiger partial charge in [-0.1, -0.05) is 66.7 Å². The quantitative estimate of drug-likeness (QED) is 0.200. The molecule has 218 valence electrons. The predicted octanol–water partition coefficient (Wildman–Crippen LogP) is 7.57. The molecule has 1 heterocycles. The van der Waals surface area contributed by atoms with Gasteiger partial charge in [0.25, 0.3) is 5.91 Å². The molecule has 1 aliphatic rings. The van der Waals surface area contributed by atoms with Gasteiger partial charge < -0.3 is 10.4 Å². The molecule has 4 aromatic carbocycles. The van der Waals surface area contributed by atoms with Gasteiger partial charge in [-0.05, 0) is 90.6 Å². The number of carboxylic acids is 1. The highest BCUT2D eigenvalue weighted by molar-refractivity contribution is 6.07. The van der Waals surface area contributed by atoms with E-state index in [4.69, 9.17) is 5.10 Å². The molecule has 1 fully saturated rings. The first-order valence-corrected chi connectivity index (χ1v) is 14.8. The Morgan fingerprint density at radius 3 is 2.16 bits per heavy atom. The van der Waals surface area contributed by atoms with Crippen molar-refractivity contribution < 1.29 is 19.1 Å². The van der Waals surface area contributed by atoms with E-state index >= 15 is 0 Å². The van der Waals surface area contributed by atoms with Crippen LogP contribution in [0.1, 0.15) is 48.5 Å². The number of aromatic nitrogens is 2. The number of amides is 1. The van der Waals surface area contributed by atoms with E-state index in [-0.39, 0.29) is 29.6 Å². The second kappa shape index (κ2) is 12.2. The lowest BCUT2D eigenvalue weighted by Crippen LogP contribution is -2.40. The molecule has 1 aliphatic carbocycles. The molecule has 0 unspecified atom stereocenters. The number of aliphatic carboxylic acids is 1. The van der Waals surface area contributed by atoms with E-state index in [9.17, 15) is 19.1 Å². The van der Waals surface area contributed by atoms with Crippen LogP contribution in [0.2, 0.25) is 0 Å². The summed E-state index contributed by atoms with van der Waals surface area (Å²) in [6, 6.07) is 28.4. The fraction of sp³-hybridized carbons (Fsp3) is 0.250. The summed E-state index contributed by atoms with van der Waals surface area (Å²) in [4.78, 5) is 25.3. The standard InChI is InChI=1S/C36H34FN3O3/c1-23(25-11-13-29(14-12-25)36(42)43)39-35(41)33-20-30(26-5-3-2-4-6-26)19-31-21-38-40(34(31)33)22-24-7-9-27(10-8-24)28-15-17-32(37)18-16-28/h2-10,15-21,23,25,29H,11-14,22H2,1H3,(H,39,41)(H,42,43)/t23-,25?,29?/m0/s1. The van der Waals surface area contributed by atoms with Gasteiger partial charge in [-0.3, -0.25) is 14.3 Å². The molecule has 2 N–H and O–H groups in total. The van der Waals surface area contributed by atoms with Crippen LogP contribution in [0.4, 0.5) is 4.39 Å². The van der Waals surface area contributed by atoms with Gasteiger partial charge in [0, 0.05) is 11.4 Å². The minimum absolute atomic E-state index is 0.0898. The number of nitrogens with zero attached hydrogens (tertiary/aromatic N) is 2. The third kappa shape index (κ3) is 6.21. The molecule has 7 heteroatoms. The molecule has 0 spiro atoms. The van der Waals surface area contributed by atoms with Crippen LogP contribution in [0.3, 0.4) is 0 Å². The molecule has 6 rings (SSSR count). The normalized spacial score (nSPS) is 17.4. The molecule has 1 amide bonds. The van der Waals surface area contributed by atoms with E-state index in [0.29, 0.717) is 24.9 Å². The van der Waals surface area contributed by atoms with E-state index < -0.39 is 5.97 Å². The molecule has 1 atom stereocenters. The molecule has 0 radical (unpaired) electrons. The van der Waals surface area contributed by atoms with E-state index in [2.05, 4.69) is 11.4 Å². The van der Waals surface area contributed by atoms with Crippen molar-refractivity contribution in [3.63, 3.8) is 0 Å². The van der Waals surface area contributed by atoms with Crippen LogP contribution < -0.4 is 5.32 Å². The number of benzene rings is 4. The molecule has 5 aromatic rings. The highest BCUT2D eigenvalue weighted by Gasteiger charge is 2.30. The first-order chi connectivity index (χ1) is 20.9. The zero-order valence-electron chi connectivity index (χ0n) is 24.0. The zero-order chi connectivity index (χ0) is 29.9. The highest BCUT2D eigenvalue weighted by atomic mass is 19.1. The number of nitrogens with one attached hydrogen (secondary N) is 1. The molecule has 0 bridgehead atoms. The molecule has 1 saturated carbocycles. The van der Waals surface area contributed by atoms with Crippen LogP contribution in [0.15, 0.2) is 97.2 Å². The third-order valence-electron chi connectivity index (χ3n) is 8.74. The summed E-state index contributed by atoms with van der Waals surface area (Å²) in [6.07, 6.45) is 4.65. The van der Waals surface area contributed by atoms with E-state index in [1.807, 2.05) is 78.5 Å². The topological polar surface area (TPSA) is 84.2 Å². The van der Waals surface area contributed by atoms with Crippen molar-refractivity contribution in [2.45, 2.75) is 45.2 Å². The summed E-state index contributed by atoms with van der Waals surface area (Å²) in [5.41, 5.74) is 6.24. The Morgan fingerprint density at radius 1 is 0.884 bits per heavy atom. The minimum atomic E-state index is -0.728. The van der Waals surface area contributed by atoms with Crippen molar-refractivity contribution in [3.8, 4) is 22.3 Å². The Morgan fingerprint density at radius 2 is 1.51 bits per heavy atom. The number of carboxylic acid groups (broad SMARTS) is 1. The number of rotatable bonds is 8. The lowest BCUT2D eigenvalue weighted by Gasteiger charge is -2.31. The number of hydrogen-bond acceptors (Lipinski definition) is 3. The van der Waals surface area contributed by atoms with Gasteiger partial charge in [0.2, 0.25) is 0 Å². The number of halogens is 1. The minimum Gasteiger partial charge on any atom is -0.481 e. The first-order valence-electron chi connectivity index (χ1n) is 14.8. The maximum atomic E-state index is 13.9. The van der Waals surface area contributed by atoms with Gasteiger partial charge in [-0.2, -0.15) is 5.10 Å². The fourth-order valence-electron chi connectivity index (χ4n) is 6.21. The summed E-state index contributed by atoms with van der Waals surface area (Å²) in [6.45, 7) is 2.49. The van der Waals surface area contributed by atoms with Crippen molar-refractivity contribution in [2.24, 2.45) is 11.8 Å². The van der Waals surface area contributed by atoms with E-state index in [0.717, 1.165) is 51.6 Å². The second-order valence-corrected chi connectivity index (χ2v) is 11.5. The van der Waals surface area contributed by atoms with Crippen LogP contribution in [-0.4, -0.2) is 32.8 Å². The maximum absolute atomic E-state index is 13.9. The monoisotopic (exact) mass is 575 g/mol. The summed E-state index contributed by atoms with van der Waals surface area (Å²) >= 11 is 0. The van der Waals surface area contributed by atoms with Crippen molar-refractivity contribution in [1.82, 2.24) is 15.1 Å². The molecule has 0 aliphatic heterocycles. The van der Waals surface area contributed by atoms with Gasteiger partial charge >= 0.3 is 5.97 Å². The number of fused-ring (bicyclic) bond motifs is 1. The molecule has 1 aromatic heterocycles. The van der Waals surface area contributed by atoms with Crippen molar-refractivity contribution in [3.05, 3.63) is 114 Å². The fourth-order valence-corrected chi connectivity index (χ4v) is 6.21. The Bertz CT molecular complexity index is 1740. The second-order valence-electron chi connectivity index (χ2n) is 11.5. The van der Waals surface area contributed by atoms with Crippen LogP contribution in [0.5, 0.6) is 0 Å². The van der Waals surface area contributed by atoms with Gasteiger partial charge in [-0.25, -0.2) is 4.39 Å². The Labute approximate surface area is 250 Å². The molecular formula is C36H34FN3O3. The smallest absolute Gasteiger partial charge is 0.306 e. The first kappa shape index (κ1) is 28.3. The summed E-state index contributed by atoms with van der Waals surface area (Å²) in [5.74, 6) is -1.21. The number of hydrogen-bond donors (Lipinski definition) is 2. The molecule has 43 heavy (non-hydrogen) atoms. The SMILES string of the molecule is C[C@H](NC(=O)c1cc(-c2ccccc2)cc2cnn(Cc3ccc(-c4ccc(F)cc4)cc3)c12)C1CCC(C(=O)O)CC1. The van der Waals surface area contributed by atoms with Crippen LogP contribution in [-0.2, 0) is 11.3 Å². The Kier molecular flexibility index (Phi) is 8.05. The predicted molar refractivity (Wildman–Crippen MR) is 166 cm³/mol. The number of carbonyl (C=O) groups is 2. The van der Waals surface area contributed by atoms with Crippen LogP contribution >= 0.6 is 0 Å². The van der Waals surface area contributed by atoms with E-state index in [1.165, 1.54) is 12.1 Å². The highest BCUT2D eigenvalue weighted by Crippen LogP contribution is 2.32. The van der Waals surface area contributed by atoms with Crippen LogP contribution in [0.25, 0.3) is 33.2 Å². The summed E-state index contributed by atoms with van der Waals surface area (Å²) < 4.78 is 15.2. The molecule has 6 nitrogen and oxygen atoms in total. The summed E-state index contributed by atoms with van der Waals surface area (Å²) in [7, 11) is 0. The molecular weight excluding hydrogens is 541 g/mol. The number of carbonyl (C=O) groups excluding carboxylic acids is 1. The average molecular weight is 576 g/mol. The van der Waals surface area contributed by atoms with Crippen molar-refractivity contribution in [1.29, 1.82) is 0 Å². The van der Waals surface area contributed by atoms with E-state index in [1.54, 1.807) is 12.1 Å². The summed E-state index contributed by atoms with van der Waals surface area (Å²) in [5, 5.41) is 18.2. The lowest BCUT2D eigenvalue weighted by molar-refractivity contribution is -0.143.